The van der Waals surface area contributed by atoms with Crippen molar-refractivity contribution in [3.05, 3.63) is 40.9 Å². The lowest BCUT2D eigenvalue weighted by Crippen LogP contribution is -2.38. The van der Waals surface area contributed by atoms with Crippen molar-refractivity contribution < 1.29 is 0 Å². The summed E-state index contributed by atoms with van der Waals surface area (Å²) in [6.45, 7) is 0. The molecular formula is C12H8Cl6. The smallest absolute Gasteiger partial charge is 0.115 e. The number of rotatable bonds is 1. The molecule has 0 bridgehead atoms. The molecule has 1 aliphatic carbocycles. The van der Waals surface area contributed by atoms with E-state index in [-0.39, 0.29) is 6.42 Å². The largest absolute Gasteiger partial charge is 0.146 e. The first kappa shape index (κ1) is 15.1. The fraction of sp³-hybridized carbons (Fsp3) is 0.333. The second kappa shape index (κ2) is 5.24. The number of alkyl halides is 5. The second-order valence-corrected chi connectivity index (χ2v) is 8.07. The van der Waals surface area contributed by atoms with Gasteiger partial charge in [0.15, 0.2) is 0 Å². The van der Waals surface area contributed by atoms with Crippen molar-refractivity contribution in [2.24, 2.45) is 0 Å². The predicted octanol–water partition coefficient (Wildman–Crippen LogP) is 6.08. The van der Waals surface area contributed by atoms with Crippen molar-refractivity contribution in [2.75, 3.05) is 0 Å². The van der Waals surface area contributed by atoms with Gasteiger partial charge in [-0.2, -0.15) is 0 Å². The molecule has 0 spiro atoms. The van der Waals surface area contributed by atoms with Crippen LogP contribution < -0.4 is 0 Å². The van der Waals surface area contributed by atoms with Gasteiger partial charge in [-0.15, -0.1) is 11.6 Å². The Morgan fingerprint density at radius 1 is 1.11 bits per heavy atom. The second-order valence-electron chi connectivity index (χ2n) is 4.13. The van der Waals surface area contributed by atoms with E-state index in [0.29, 0.717) is 10.6 Å². The molecular weight excluding hydrogens is 357 g/mol. The van der Waals surface area contributed by atoms with E-state index >= 15 is 0 Å². The Labute approximate surface area is 136 Å². The molecule has 0 saturated heterocycles. The zero-order chi connectivity index (χ0) is 13.6. The third-order valence-corrected chi connectivity index (χ3v) is 5.07. The van der Waals surface area contributed by atoms with Crippen LogP contribution in [0.3, 0.4) is 0 Å². The van der Waals surface area contributed by atoms with Crippen LogP contribution in [-0.4, -0.2) is 14.0 Å². The average molecular weight is 365 g/mol. The molecule has 1 aliphatic rings. The fourth-order valence-electron chi connectivity index (χ4n) is 1.84. The summed E-state index contributed by atoms with van der Waals surface area (Å²) in [5.74, 6) is 0. The van der Waals surface area contributed by atoms with E-state index < -0.39 is 14.0 Å². The van der Waals surface area contributed by atoms with E-state index in [9.17, 15) is 0 Å². The van der Waals surface area contributed by atoms with Crippen molar-refractivity contribution in [3.8, 4) is 0 Å². The lowest BCUT2D eigenvalue weighted by atomic mass is 9.92. The number of allylic oxidation sites excluding steroid dienone is 2. The Morgan fingerprint density at radius 2 is 1.78 bits per heavy atom. The minimum absolute atomic E-state index is 0.138. The van der Waals surface area contributed by atoms with Gasteiger partial charge < -0.3 is 0 Å². The molecule has 0 N–H and O–H groups in total. The van der Waals surface area contributed by atoms with Gasteiger partial charge in [0.2, 0.25) is 0 Å². The Kier molecular flexibility index (Phi) is 4.39. The predicted molar refractivity (Wildman–Crippen MR) is 82.6 cm³/mol. The summed E-state index contributed by atoms with van der Waals surface area (Å²) in [5.41, 5.74) is 1.48. The van der Waals surface area contributed by atoms with Gasteiger partial charge in [-0.1, -0.05) is 76.2 Å². The summed E-state index contributed by atoms with van der Waals surface area (Å²) in [4.78, 5) is 0. The molecule has 6 heteroatoms. The number of hydrogen-bond acceptors (Lipinski definition) is 0. The minimum Gasteiger partial charge on any atom is -0.115 e. The molecule has 1 aromatic rings. The summed E-state index contributed by atoms with van der Waals surface area (Å²) < 4.78 is -2.38. The van der Waals surface area contributed by atoms with Crippen molar-refractivity contribution in [2.45, 2.75) is 20.5 Å². The van der Waals surface area contributed by atoms with Crippen LogP contribution in [0.25, 0.3) is 5.57 Å². The Bertz CT molecular complexity index is 491. The first-order chi connectivity index (χ1) is 8.22. The first-order valence-corrected chi connectivity index (χ1v) is 7.43. The Morgan fingerprint density at radius 3 is 2.39 bits per heavy atom. The van der Waals surface area contributed by atoms with E-state index in [1.807, 2.05) is 12.1 Å². The summed E-state index contributed by atoms with van der Waals surface area (Å²) in [6.07, 6.45) is 1.81. The van der Waals surface area contributed by atoms with Crippen LogP contribution in [0.1, 0.15) is 12.0 Å². The van der Waals surface area contributed by atoms with Crippen LogP contribution in [-0.2, 0) is 0 Å². The van der Waals surface area contributed by atoms with E-state index in [1.165, 1.54) is 0 Å². The normalized spacial score (nSPS) is 25.7. The molecule has 1 unspecified atom stereocenters. The topological polar surface area (TPSA) is 0 Å². The van der Waals surface area contributed by atoms with Gasteiger partial charge in [0.1, 0.15) is 8.67 Å². The van der Waals surface area contributed by atoms with Crippen LogP contribution in [0, 0.1) is 0 Å². The lowest BCUT2D eigenvalue weighted by molar-refractivity contribution is 0.673. The van der Waals surface area contributed by atoms with Crippen LogP contribution in [0.4, 0.5) is 0 Å². The molecule has 0 heterocycles. The molecule has 0 nitrogen and oxygen atoms in total. The third-order valence-electron chi connectivity index (χ3n) is 2.70. The van der Waals surface area contributed by atoms with Crippen molar-refractivity contribution in [1.29, 1.82) is 0 Å². The van der Waals surface area contributed by atoms with Crippen LogP contribution in [0.15, 0.2) is 30.3 Å². The molecule has 98 valence electrons. The SMILES string of the molecule is Clc1cccc(C2=CC(Cl)C(Cl)(Cl)CC2(Cl)Cl)c1. The summed E-state index contributed by atoms with van der Waals surface area (Å²) >= 11 is 36.9. The Balaban J connectivity index is 2.49. The quantitative estimate of drug-likeness (QED) is 0.529. The van der Waals surface area contributed by atoms with Crippen LogP contribution in [0.5, 0.6) is 0 Å². The van der Waals surface area contributed by atoms with Gasteiger partial charge in [-0.25, -0.2) is 0 Å². The molecule has 0 saturated carbocycles. The fourth-order valence-corrected chi connectivity index (χ4v) is 3.80. The van der Waals surface area contributed by atoms with Crippen LogP contribution in [0.2, 0.25) is 5.02 Å². The van der Waals surface area contributed by atoms with Gasteiger partial charge in [-0.3, -0.25) is 0 Å². The van der Waals surface area contributed by atoms with Crippen molar-refractivity contribution in [3.63, 3.8) is 0 Å². The zero-order valence-corrected chi connectivity index (χ0v) is 13.5. The standard InChI is InChI=1S/C12H8Cl6/c13-8-3-1-2-7(4-8)9-5-10(14)12(17,18)6-11(9,15)16/h1-5,10H,6H2. The molecule has 0 fully saturated rings. The maximum Gasteiger partial charge on any atom is 0.146 e. The zero-order valence-electron chi connectivity index (χ0n) is 8.94. The van der Waals surface area contributed by atoms with Gasteiger partial charge in [0.05, 0.1) is 5.38 Å². The molecule has 0 aliphatic heterocycles. The molecule has 0 radical (unpaired) electrons. The molecule has 18 heavy (non-hydrogen) atoms. The first-order valence-electron chi connectivity index (χ1n) is 5.10. The number of benzene rings is 1. The van der Waals surface area contributed by atoms with Gasteiger partial charge in [0, 0.05) is 11.4 Å². The van der Waals surface area contributed by atoms with Gasteiger partial charge in [-0.05, 0) is 23.3 Å². The molecule has 0 aromatic heterocycles. The van der Waals surface area contributed by atoms with Crippen molar-refractivity contribution in [1.82, 2.24) is 0 Å². The monoisotopic (exact) mass is 362 g/mol. The highest BCUT2D eigenvalue weighted by Crippen LogP contribution is 2.53. The Hall–Kier alpha value is 0.700. The van der Waals surface area contributed by atoms with Crippen LogP contribution >= 0.6 is 69.6 Å². The highest BCUT2D eigenvalue weighted by molar-refractivity contribution is 6.59. The van der Waals surface area contributed by atoms with Crippen molar-refractivity contribution >= 4 is 75.2 Å². The average Bonchev–Trinajstić information content (AvgIpc) is 2.22. The van der Waals surface area contributed by atoms with Gasteiger partial charge >= 0.3 is 0 Å². The van der Waals surface area contributed by atoms with E-state index in [2.05, 4.69) is 0 Å². The minimum atomic E-state index is -1.19. The van der Waals surface area contributed by atoms with E-state index in [4.69, 9.17) is 69.6 Å². The lowest BCUT2D eigenvalue weighted by Gasteiger charge is -2.37. The summed E-state index contributed by atoms with van der Waals surface area (Å²) in [7, 11) is 0. The molecule has 2 rings (SSSR count). The summed E-state index contributed by atoms with van der Waals surface area (Å²) in [6, 6.07) is 7.21. The third kappa shape index (κ3) is 3.06. The molecule has 1 atom stereocenters. The maximum atomic E-state index is 6.30. The number of hydrogen-bond donors (Lipinski definition) is 0. The molecule has 0 amide bonds. The van der Waals surface area contributed by atoms with E-state index in [1.54, 1.807) is 18.2 Å². The summed E-state index contributed by atoms with van der Waals surface area (Å²) in [5, 5.41) is 0.0256. The molecule has 1 aromatic carbocycles. The van der Waals surface area contributed by atoms with Gasteiger partial charge in [0.25, 0.3) is 0 Å². The maximum absolute atomic E-state index is 6.30. The highest BCUT2D eigenvalue weighted by Gasteiger charge is 2.47. The van der Waals surface area contributed by atoms with E-state index in [0.717, 1.165) is 5.56 Å². The highest BCUT2D eigenvalue weighted by atomic mass is 35.5. The number of halogens is 6.